The molecule has 18 heavy (non-hydrogen) atoms. The van der Waals surface area contributed by atoms with E-state index in [9.17, 15) is 8.78 Å². The van der Waals surface area contributed by atoms with Crippen LogP contribution in [0.2, 0.25) is 0 Å². The van der Waals surface area contributed by atoms with Crippen LogP contribution >= 0.6 is 0 Å². The van der Waals surface area contributed by atoms with Crippen LogP contribution in [0.3, 0.4) is 0 Å². The Morgan fingerprint density at radius 1 is 1.44 bits per heavy atom. The summed E-state index contributed by atoms with van der Waals surface area (Å²) in [5.74, 6) is 0.640. The molecule has 1 aromatic rings. The van der Waals surface area contributed by atoms with E-state index in [0.717, 1.165) is 24.2 Å². The maximum atomic E-state index is 11.9. The Morgan fingerprint density at radius 2 is 2.22 bits per heavy atom. The quantitative estimate of drug-likeness (QED) is 0.720. The maximum Gasteiger partial charge on any atom is 0.261 e. The molecule has 0 unspecified atom stereocenters. The number of nitrogens with one attached hydrogen (secondary N) is 1. The molecule has 0 atom stereocenters. The molecule has 102 valence electrons. The summed E-state index contributed by atoms with van der Waals surface area (Å²) in [4.78, 5) is 8.61. The van der Waals surface area contributed by atoms with Gasteiger partial charge in [-0.15, -0.1) is 0 Å². The Labute approximate surface area is 106 Å². The highest BCUT2D eigenvalue weighted by Gasteiger charge is 2.06. The van der Waals surface area contributed by atoms with Gasteiger partial charge in [0.25, 0.3) is 6.43 Å². The van der Waals surface area contributed by atoms with E-state index in [-0.39, 0.29) is 6.61 Å². The molecule has 1 heterocycles. The van der Waals surface area contributed by atoms with E-state index in [2.05, 4.69) is 15.3 Å². The lowest BCUT2D eigenvalue weighted by atomic mass is 10.2. The average molecular weight is 259 g/mol. The summed E-state index contributed by atoms with van der Waals surface area (Å²) < 4.78 is 28.5. The smallest absolute Gasteiger partial charge is 0.261 e. The Bertz CT molecular complexity index is 361. The third-order valence-electron chi connectivity index (χ3n) is 2.42. The third kappa shape index (κ3) is 5.01. The van der Waals surface area contributed by atoms with Gasteiger partial charge >= 0.3 is 0 Å². The molecular formula is C12H19F2N3O. The molecule has 4 nitrogen and oxygen atoms in total. The molecule has 0 aliphatic carbocycles. The Balaban J connectivity index is 2.51. The van der Waals surface area contributed by atoms with Crippen molar-refractivity contribution in [1.82, 2.24) is 15.3 Å². The van der Waals surface area contributed by atoms with Gasteiger partial charge in [0.2, 0.25) is 0 Å². The zero-order chi connectivity index (χ0) is 13.4. The second-order valence-corrected chi connectivity index (χ2v) is 3.86. The van der Waals surface area contributed by atoms with Gasteiger partial charge in [0, 0.05) is 30.4 Å². The van der Waals surface area contributed by atoms with Crippen LogP contribution in [0.25, 0.3) is 0 Å². The lowest BCUT2D eigenvalue weighted by Gasteiger charge is -2.08. The first-order valence-electron chi connectivity index (χ1n) is 6.01. The molecule has 0 fully saturated rings. The van der Waals surface area contributed by atoms with E-state index in [1.54, 1.807) is 6.20 Å². The van der Waals surface area contributed by atoms with E-state index >= 15 is 0 Å². The molecule has 1 aromatic heterocycles. The zero-order valence-electron chi connectivity index (χ0n) is 10.7. The number of alkyl halides is 2. The minimum absolute atomic E-state index is 0.221. The molecule has 0 spiro atoms. The SMILES string of the molecule is CCc1nc(CCOCC(F)F)ncc1CNC. The molecule has 0 amide bonds. The van der Waals surface area contributed by atoms with Crippen molar-refractivity contribution in [2.45, 2.75) is 32.7 Å². The second-order valence-electron chi connectivity index (χ2n) is 3.86. The van der Waals surface area contributed by atoms with Crippen molar-refractivity contribution in [3.8, 4) is 0 Å². The third-order valence-corrected chi connectivity index (χ3v) is 2.42. The number of nitrogens with zero attached hydrogens (tertiary/aromatic N) is 2. The summed E-state index contributed by atoms with van der Waals surface area (Å²) in [7, 11) is 1.87. The first-order chi connectivity index (χ1) is 8.67. The van der Waals surface area contributed by atoms with E-state index in [1.165, 1.54) is 0 Å². The largest absolute Gasteiger partial charge is 0.375 e. The molecule has 1 rings (SSSR count). The number of ether oxygens (including phenoxy) is 1. The summed E-state index contributed by atoms with van der Waals surface area (Å²) >= 11 is 0. The van der Waals surface area contributed by atoms with Gasteiger partial charge in [-0.2, -0.15) is 0 Å². The highest BCUT2D eigenvalue weighted by Crippen LogP contribution is 2.07. The van der Waals surface area contributed by atoms with Gasteiger partial charge in [0.1, 0.15) is 12.4 Å². The van der Waals surface area contributed by atoms with Crippen molar-refractivity contribution in [2.24, 2.45) is 0 Å². The molecule has 0 saturated heterocycles. The average Bonchev–Trinajstić information content (AvgIpc) is 2.36. The molecule has 0 bridgehead atoms. The van der Waals surface area contributed by atoms with E-state index < -0.39 is 13.0 Å². The number of aryl methyl sites for hydroxylation is 1. The fraction of sp³-hybridized carbons (Fsp3) is 0.667. The van der Waals surface area contributed by atoms with Crippen LogP contribution in [-0.4, -0.2) is 36.7 Å². The van der Waals surface area contributed by atoms with Gasteiger partial charge in [0.15, 0.2) is 0 Å². The lowest BCUT2D eigenvalue weighted by Crippen LogP contribution is -2.13. The molecule has 0 aromatic carbocycles. The van der Waals surface area contributed by atoms with Crippen molar-refractivity contribution in [1.29, 1.82) is 0 Å². The van der Waals surface area contributed by atoms with E-state index in [4.69, 9.17) is 4.74 Å². The summed E-state index contributed by atoms with van der Waals surface area (Å²) in [5, 5.41) is 3.05. The monoisotopic (exact) mass is 259 g/mol. The van der Waals surface area contributed by atoms with Crippen molar-refractivity contribution < 1.29 is 13.5 Å². The van der Waals surface area contributed by atoms with Crippen LogP contribution in [0, 0.1) is 0 Å². The first-order valence-corrected chi connectivity index (χ1v) is 6.01. The Hall–Kier alpha value is -1.14. The van der Waals surface area contributed by atoms with Crippen LogP contribution in [-0.2, 0) is 24.1 Å². The highest BCUT2D eigenvalue weighted by atomic mass is 19.3. The Kier molecular flexibility index (Phi) is 6.67. The van der Waals surface area contributed by atoms with Crippen LogP contribution in [0.1, 0.15) is 24.0 Å². The molecule has 0 radical (unpaired) electrons. The zero-order valence-corrected chi connectivity index (χ0v) is 10.7. The molecular weight excluding hydrogens is 240 g/mol. The second kappa shape index (κ2) is 8.05. The van der Waals surface area contributed by atoms with Crippen molar-refractivity contribution in [2.75, 3.05) is 20.3 Å². The number of halogens is 2. The highest BCUT2D eigenvalue weighted by molar-refractivity contribution is 5.17. The van der Waals surface area contributed by atoms with Gasteiger partial charge in [-0.3, -0.25) is 0 Å². The van der Waals surface area contributed by atoms with Crippen LogP contribution in [0.4, 0.5) is 8.78 Å². The van der Waals surface area contributed by atoms with Gasteiger partial charge in [0.05, 0.1) is 6.61 Å². The predicted molar refractivity (Wildman–Crippen MR) is 64.7 cm³/mol. The van der Waals surface area contributed by atoms with Crippen molar-refractivity contribution >= 4 is 0 Å². The summed E-state index contributed by atoms with van der Waals surface area (Å²) in [6, 6.07) is 0. The normalized spacial score (nSPS) is 11.2. The van der Waals surface area contributed by atoms with Gasteiger partial charge < -0.3 is 10.1 Å². The van der Waals surface area contributed by atoms with Gasteiger partial charge in [-0.05, 0) is 13.5 Å². The number of aromatic nitrogens is 2. The summed E-state index contributed by atoms with van der Waals surface area (Å²) in [5.41, 5.74) is 2.06. The summed E-state index contributed by atoms with van der Waals surface area (Å²) in [6.45, 7) is 2.45. The topological polar surface area (TPSA) is 47.0 Å². The van der Waals surface area contributed by atoms with Gasteiger partial charge in [-0.1, -0.05) is 6.92 Å². The number of hydrogen-bond donors (Lipinski definition) is 1. The molecule has 0 saturated carbocycles. The predicted octanol–water partition coefficient (Wildman–Crippen LogP) is 1.58. The van der Waals surface area contributed by atoms with E-state index in [0.29, 0.717) is 12.2 Å². The molecule has 0 aliphatic rings. The first kappa shape index (κ1) is 14.9. The summed E-state index contributed by atoms with van der Waals surface area (Å²) in [6.07, 6.45) is 0.643. The molecule has 6 heteroatoms. The number of rotatable bonds is 8. The van der Waals surface area contributed by atoms with Crippen molar-refractivity contribution in [3.63, 3.8) is 0 Å². The molecule has 0 aliphatic heterocycles. The van der Waals surface area contributed by atoms with Crippen LogP contribution < -0.4 is 5.32 Å². The Morgan fingerprint density at radius 3 is 2.83 bits per heavy atom. The fourth-order valence-corrected chi connectivity index (χ4v) is 1.58. The molecule has 1 N–H and O–H groups in total. The maximum absolute atomic E-state index is 11.9. The van der Waals surface area contributed by atoms with Crippen LogP contribution in [0.5, 0.6) is 0 Å². The van der Waals surface area contributed by atoms with E-state index in [1.807, 2.05) is 14.0 Å². The van der Waals surface area contributed by atoms with Gasteiger partial charge in [-0.25, -0.2) is 18.7 Å². The standard InChI is InChI=1S/C12H19F2N3O/c1-3-10-9(6-15-2)7-16-12(17-10)4-5-18-8-11(13)14/h7,11,15H,3-6,8H2,1-2H3. The minimum Gasteiger partial charge on any atom is -0.375 e. The number of hydrogen-bond acceptors (Lipinski definition) is 4. The van der Waals surface area contributed by atoms with Crippen molar-refractivity contribution in [3.05, 3.63) is 23.3 Å². The van der Waals surface area contributed by atoms with Crippen LogP contribution in [0.15, 0.2) is 6.20 Å². The lowest BCUT2D eigenvalue weighted by molar-refractivity contribution is 0.0182. The minimum atomic E-state index is -2.42. The fourth-order valence-electron chi connectivity index (χ4n) is 1.58.